The summed E-state index contributed by atoms with van der Waals surface area (Å²) in [5.74, 6) is 0. The fourth-order valence-electron chi connectivity index (χ4n) is 0.741. The van der Waals surface area contributed by atoms with Crippen molar-refractivity contribution in [1.29, 1.82) is 0 Å². The van der Waals surface area contributed by atoms with E-state index in [4.69, 9.17) is 4.74 Å². The van der Waals surface area contributed by atoms with Crippen LogP contribution in [0.5, 0.6) is 0 Å². The molecule has 0 heterocycles. The number of ether oxygens (including phenoxy) is 1. The number of hydrogen-bond donors (Lipinski definition) is 0. The summed E-state index contributed by atoms with van der Waals surface area (Å²) in [6, 6.07) is 10.1. The zero-order valence-electron chi connectivity index (χ0n) is 5.50. The topological polar surface area (TPSA) is 9.23 Å². The molecule has 0 amide bonds. The molecule has 0 bridgehead atoms. The van der Waals surface area contributed by atoms with E-state index in [-0.39, 0.29) is 7.43 Å². The standard InChI is InChI=1S/C8H10O.CH4/c1-9-7-8-5-3-2-4-6-8;/h2-6H,7H2,1H3;1H4. The lowest BCUT2D eigenvalue weighted by Gasteiger charge is -1.95. The lowest BCUT2D eigenvalue weighted by molar-refractivity contribution is 0.185. The largest absolute Gasteiger partial charge is 0.380 e. The van der Waals surface area contributed by atoms with Crippen molar-refractivity contribution in [2.45, 2.75) is 14.0 Å². The van der Waals surface area contributed by atoms with E-state index in [1.165, 1.54) is 5.56 Å². The zero-order valence-corrected chi connectivity index (χ0v) is 5.50. The Morgan fingerprint density at radius 1 is 1.20 bits per heavy atom. The van der Waals surface area contributed by atoms with Crippen LogP contribution >= 0.6 is 0 Å². The molecule has 1 nitrogen and oxygen atoms in total. The van der Waals surface area contributed by atoms with E-state index >= 15 is 0 Å². The molecule has 0 aliphatic carbocycles. The fraction of sp³-hybridized carbons (Fsp3) is 0.333. The molecular weight excluding hydrogens is 124 g/mol. The van der Waals surface area contributed by atoms with Crippen molar-refractivity contribution in [2.75, 3.05) is 7.11 Å². The maximum atomic E-state index is 4.93. The molecule has 0 saturated heterocycles. The summed E-state index contributed by atoms with van der Waals surface area (Å²) in [5, 5.41) is 0. The maximum absolute atomic E-state index is 4.93. The summed E-state index contributed by atoms with van der Waals surface area (Å²) in [6.07, 6.45) is 0. The quantitative estimate of drug-likeness (QED) is 0.610. The van der Waals surface area contributed by atoms with Gasteiger partial charge in [0.05, 0.1) is 6.61 Å². The molecule has 56 valence electrons. The molecule has 0 aliphatic rings. The van der Waals surface area contributed by atoms with Gasteiger partial charge in [0.25, 0.3) is 0 Å². The molecule has 1 rings (SSSR count). The molecule has 0 saturated carbocycles. The van der Waals surface area contributed by atoms with Gasteiger partial charge in [-0.2, -0.15) is 0 Å². The van der Waals surface area contributed by atoms with Crippen LogP contribution in [0.2, 0.25) is 0 Å². The number of rotatable bonds is 2. The van der Waals surface area contributed by atoms with E-state index in [0.717, 1.165) is 0 Å². The molecule has 1 aromatic rings. The Bertz CT molecular complexity index is 158. The van der Waals surface area contributed by atoms with Crippen molar-refractivity contribution < 1.29 is 4.74 Å². The van der Waals surface area contributed by atoms with Crippen LogP contribution in [-0.4, -0.2) is 7.11 Å². The van der Waals surface area contributed by atoms with Gasteiger partial charge in [-0.05, 0) is 5.56 Å². The smallest absolute Gasteiger partial charge is 0.0713 e. The fourth-order valence-corrected chi connectivity index (χ4v) is 0.741. The lowest BCUT2D eigenvalue weighted by Crippen LogP contribution is -1.84. The SMILES string of the molecule is C.COCc1ccccc1. The molecule has 0 aromatic heterocycles. The molecule has 0 radical (unpaired) electrons. The second kappa shape index (κ2) is 5.00. The number of methoxy groups -OCH3 is 1. The second-order valence-electron chi connectivity index (χ2n) is 1.92. The Balaban J connectivity index is 0.000000810. The van der Waals surface area contributed by atoms with Crippen LogP contribution < -0.4 is 0 Å². The van der Waals surface area contributed by atoms with Gasteiger partial charge in [-0.15, -0.1) is 0 Å². The normalized spacial score (nSPS) is 8.50. The van der Waals surface area contributed by atoms with Gasteiger partial charge in [0.15, 0.2) is 0 Å². The molecule has 0 unspecified atom stereocenters. The minimum absolute atomic E-state index is 0. The van der Waals surface area contributed by atoms with Crippen molar-refractivity contribution >= 4 is 0 Å². The van der Waals surface area contributed by atoms with Crippen LogP contribution in [0.4, 0.5) is 0 Å². The Morgan fingerprint density at radius 3 is 2.30 bits per heavy atom. The second-order valence-corrected chi connectivity index (χ2v) is 1.92. The van der Waals surface area contributed by atoms with Crippen LogP contribution in [0, 0.1) is 0 Å². The van der Waals surface area contributed by atoms with Gasteiger partial charge in [0.2, 0.25) is 0 Å². The summed E-state index contributed by atoms with van der Waals surface area (Å²) in [5.41, 5.74) is 1.22. The Hall–Kier alpha value is -0.820. The first-order valence-corrected chi connectivity index (χ1v) is 2.96. The van der Waals surface area contributed by atoms with E-state index in [9.17, 15) is 0 Å². The van der Waals surface area contributed by atoms with Crippen molar-refractivity contribution in [1.82, 2.24) is 0 Å². The Labute approximate surface area is 62.6 Å². The Kier molecular flexibility index (Phi) is 4.59. The number of benzene rings is 1. The van der Waals surface area contributed by atoms with Crippen molar-refractivity contribution in [3.05, 3.63) is 35.9 Å². The minimum Gasteiger partial charge on any atom is -0.380 e. The van der Waals surface area contributed by atoms with E-state index in [1.807, 2.05) is 30.3 Å². The molecule has 0 fully saturated rings. The third-order valence-electron chi connectivity index (χ3n) is 1.15. The van der Waals surface area contributed by atoms with Crippen molar-refractivity contribution in [3.63, 3.8) is 0 Å². The third kappa shape index (κ3) is 2.65. The highest BCUT2D eigenvalue weighted by Crippen LogP contribution is 1.98. The first-order valence-electron chi connectivity index (χ1n) is 2.96. The first kappa shape index (κ1) is 9.18. The van der Waals surface area contributed by atoms with E-state index in [1.54, 1.807) is 7.11 Å². The maximum Gasteiger partial charge on any atom is 0.0713 e. The molecule has 1 heteroatoms. The zero-order chi connectivity index (χ0) is 6.53. The monoisotopic (exact) mass is 138 g/mol. The highest BCUT2D eigenvalue weighted by Gasteiger charge is 1.84. The van der Waals surface area contributed by atoms with Gasteiger partial charge in [-0.25, -0.2) is 0 Å². The average molecular weight is 138 g/mol. The highest BCUT2D eigenvalue weighted by atomic mass is 16.5. The summed E-state index contributed by atoms with van der Waals surface area (Å²) in [4.78, 5) is 0. The lowest BCUT2D eigenvalue weighted by atomic mass is 10.2. The van der Waals surface area contributed by atoms with Gasteiger partial charge < -0.3 is 4.74 Å². The molecule has 1 aromatic carbocycles. The van der Waals surface area contributed by atoms with Gasteiger partial charge in [-0.1, -0.05) is 37.8 Å². The molecular formula is C9H14O. The van der Waals surface area contributed by atoms with E-state index in [0.29, 0.717) is 6.61 Å². The van der Waals surface area contributed by atoms with Crippen LogP contribution in [-0.2, 0) is 11.3 Å². The molecule has 10 heavy (non-hydrogen) atoms. The summed E-state index contributed by atoms with van der Waals surface area (Å²) >= 11 is 0. The average Bonchev–Trinajstić information content (AvgIpc) is 1.91. The molecule has 0 atom stereocenters. The van der Waals surface area contributed by atoms with E-state index < -0.39 is 0 Å². The van der Waals surface area contributed by atoms with Crippen molar-refractivity contribution in [2.24, 2.45) is 0 Å². The van der Waals surface area contributed by atoms with Crippen LogP contribution in [0.3, 0.4) is 0 Å². The number of hydrogen-bond acceptors (Lipinski definition) is 1. The van der Waals surface area contributed by atoms with Crippen LogP contribution in [0.25, 0.3) is 0 Å². The van der Waals surface area contributed by atoms with Crippen molar-refractivity contribution in [3.8, 4) is 0 Å². The van der Waals surface area contributed by atoms with E-state index in [2.05, 4.69) is 0 Å². The molecule has 0 aliphatic heterocycles. The first-order chi connectivity index (χ1) is 4.43. The third-order valence-corrected chi connectivity index (χ3v) is 1.15. The van der Waals surface area contributed by atoms with Gasteiger partial charge in [0.1, 0.15) is 0 Å². The Morgan fingerprint density at radius 2 is 1.80 bits per heavy atom. The minimum atomic E-state index is 0. The highest BCUT2D eigenvalue weighted by molar-refractivity contribution is 5.13. The van der Waals surface area contributed by atoms with Crippen LogP contribution in [0.15, 0.2) is 30.3 Å². The van der Waals surface area contributed by atoms with Crippen LogP contribution in [0.1, 0.15) is 13.0 Å². The summed E-state index contributed by atoms with van der Waals surface area (Å²) in [7, 11) is 1.70. The predicted octanol–water partition coefficient (Wildman–Crippen LogP) is 2.47. The van der Waals surface area contributed by atoms with Gasteiger partial charge in [-0.3, -0.25) is 0 Å². The molecule has 0 spiro atoms. The summed E-state index contributed by atoms with van der Waals surface area (Å²) < 4.78 is 4.93. The van der Waals surface area contributed by atoms with Gasteiger partial charge in [0, 0.05) is 7.11 Å². The molecule has 0 N–H and O–H groups in total. The summed E-state index contributed by atoms with van der Waals surface area (Å²) in [6.45, 7) is 0.709. The predicted molar refractivity (Wildman–Crippen MR) is 43.9 cm³/mol. The van der Waals surface area contributed by atoms with Gasteiger partial charge >= 0.3 is 0 Å².